The van der Waals surface area contributed by atoms with Crippen molar-refractivity contribution in [2.24, 2.45) is 0 Å². The zero-order chi connectivity index (χ0) is 30.9. The average molecular weight is 639 g/mol. The van der Waals surface area contributed by atoms with Crippen LogP contribution in [0.1, 0.15) is 25.7 Å². The van der Waals surface area contributed by atoms with E-state index in [1.54, 1.807) is 13.0 Å². The Bertz CT molecular complexity index is 2110. The largest absolute Gasteiger partial charge is 0.438 e. The lowest BCUT2D eigenvalue weighted by atomic mass is 10.1. The van der Waals surface area contributed by atoms with Gasteiger partial charge in [-0.3, -0.25) is 4.55 Å². The Balaban J connectivity index is 1.44. The molecule has 0 saturated carbocycles. The van der Waals surface area contributed by atoms with Crippen LogP contribution in [0.15, 0.2) is 83.1 Å². The SMILES string of the molecule is CCNOS(=O)(=O)CCCN1C(=Cc2oc3ccc4ccccc4c3[n+]2CCCS(=O)(=O)O)Oc2ccc3ccccc3c21. The van der Waals surface area contributed by atoms with Gasteiger partial charge in [0.05, 0.1) is 22.6 Å². The molecule has 1 aliphatic rings. The van der Waals surface area contributed by atoms with Crippen LogP contribution in [0, 0.1) is 0 Å². The number of hydroxylamine groups is 1. The zero-order valence-electron chi connectivity index (χ0n) is 24.0. The minimum absolute atomic E-state index is 0.149. The number of nitrogens with zero attached hydrogens (tertiary/aromatic N) is 2. The van der Waals surface area contributed by atoms with Gasteiger partial charge in [-0.1, -0.05) is 61.5 Å². The van der Waals surface area contributed by atoms with Crippen molar-refractivity contribution in [3.63, 3.8) is 0 Å². The molecule has 5 aromatic rings. The number of hydrogen-bond acceptors (Lipinski definition) is 9. The Morgan fingerprint density at radius 3 is 2.36 bits per heavy atom. The first-order chi connectivity index (χ1) is 21.1. The highest BCUT2D eigenvalue weighted by Gasteiger charge is 2.32. The van der Waals surface area contributed by atoms with Gasteiger partial charge in [-0.2, -0.15) is 31.2 Å². The third-order valence-electron chi connectivity index (χ3n) is 7.37. The second-order valence-corrected chi connectivity index (χ2v) is 13.7. The molecule has 0 radical (unpaired) electrons. The van der Waals surface area contributed by atoms with Crippen molar-refractivity contribution in [3.05, 3.63) is 84.6 Å². The number of anilines is 1. The van der Waals surface area contributed by atoms with E-state index in [4.69, 9.17) is 13.4 Å². The number of rotatable bonds is 12. The van der Waals surface area contributed by atoms with Gasteiger partial charge in [-0.15, -0.1) is 0 Å². The van der Waals surface area contributed by atoms with Crippen LogP contribution in [-0.2, 0) is 31.1 Å². The molecule has 11 nitrogen and oxygen atoms in total. The standard InChI is InChI=1S/C31H31N3O8S2/c1-2-32-42-44(38,39)20-8-18-34-29(41-27-16-14-23-10-4-6-12-25(23)31(27)34)21-28-33(17-7-19-43(35,36)37)30-24-11-5-3-9-22(24)13-15-26(30)40-28/h3-6,9-16,21,32H,2,7-8,17-20H2,1H3/p+1. The first-order valence-electron chi connectivity index (χ1n) is 14.3. The van der Waals surface area contributed by atoms with Crippen LogP contribution in [0.5, 0.6) is 5.75 Å². The van der Waals surface area contributed by atoms with Gasteiger partial charge in [-0.25, -0.2) is 0 Å². The van der Waals surface area contributed by atoms with E-state index in [1.165, 1.54) is 0 Å². The van der Waals surface area contributed by atoms with Crippen LogP contribution < -0.4 is 19.7 Å². The van der Waals surface area contributed by atoms with Gasteiger partial charge in [0.25, 0.3) is 25.8 Å². The molecule has 1 aliphatic heterocycles. The molecule has 4 aromatic carbocycles. The second-order valence-electron chi connectivity index (χ2n) is 10.4. The first-order valence-corrected chi connectivity index (χ1v) is 17.4. The predicted molar refractivity (Wildman–Crippen MR) is 168 cm³/mol. The number of hydrogen-bond donors (Lipinski definition) is 2. The highest BCUT2D eigenvalue weighted by atomic mass is 32.2. The molecule has 0 amide bonds. The summed E-state index contributed by atoms with van der Waals surface area (Å²) in [5, 5.41) is 3.85. The summed E-state index contributed by atoms with van der Waals surface area (Å²) in [5.41, 5.74) is 4.58. The van der Waals surface area contributed by atoms with Gasteiger partial charge >= 0.3 is 5.89 Å². The van der Waals surface area contributed by atoms with Gasteiger partial charge in [0.1, 0.15) is 6.08 Å². The average Bonchev–Trinajstić information content (AvgIpc) is 3.53. The molecular formula is C31H32N3O8S2+. The maximum Gasteiger partial charge on any atom is 0.379 e. The molecule has 2 heterocycles. The minimum Gasteiger partial charge on any atom is -0.438 e. The fourth-order valence-corrected chi connectivity index (χ4v) is 6.86. The number of aromatic nitrogens is 1. The molecule has 1 aromatic heterocycles. The van der Waals surface area contributed by atoms with Crippen molar-refractivity contribution in [3.8, 4) is 5.75 Å². The molecular weight excluding hydrogens is 606 g/mol. The molecule has 230 valence electrons. The Labute approximate surface area is 255 Å². The van der Waals surface area contributed by atoms with E-state index < -0.39 is 26.0 Å². The lowest BCUT2D eigenvalue weighted by molar-refractivity contribution is -0.677. The van der Waals surface area contributed by atoms with E-state index in [-0.39, 0.29) is 25.1 Å². The number of oxazole rings is 1. The quantitative estimate of drug-likeness (QED) is 0.112. The smallest absolute Gasteiger partial charge is 0.379 e. The van der Waals surface area contributed by atoms with Crippen molar-refractivity contribution >= 4 is 64.6 Å². The maximum absolute atomic E-state index is 12.4. The predicted octanol–water partition coefficient (Wildman–Crippen LogP) is 4.76. The molecule has 0 atom stereocenters. The number of nitrogens with one attached hydrogen (secondary N) is 1. The fraction of sp³-hybridized carbons (Fsp3) is 0.258. The lowest BCUT2D eigenvalue weighted by Gasteiger charge is -2.19. The van der Waals surface area contributed by atoms with E-state index in [0.717, 1.165) is 32.7 Å². The van der Waals surface area contributed by atoms with E-state index in [9.17, 15) is 21.4 Å². The minimum atomic E-state index is -4.16. The summed E-state index contributed by atoms with van der Waals surface area (Å²) >= 11 is 0. The molecule has 0 spiro atoms. The van der Waals surface area contributed by atoms with Crippen molar-refractivity contribution in [2.45, 2.75) is 26.3 Å². The topological polar surface area (TPSA) is 139 Å². The van der Waals surface area contributed by atoms with E-state index in [2.05, 4.69) is 5.48 Å². The monoisotopic (exact) mass is 638 g/mol. The van der Waals surface area contributed by atoms with Crippen LogP contribution in [-0.4, -0.2) is 46.0 Å². The Morgan fingerprint density at radius 2 is 1.61 bits per heavy atom. The summed E-state index contributed by atoms with van der Waals surface area (Å²) in [4.78, 5) is 1.92. The van der Waals surface area contributed by atoms with E-state index in [1.807, 2.05) is 82.3 Å². The van der Waals surface area contributed by atoms with Crippen molar-refractivity contribution in [1.29, 1.82) is 0 Å². The second kappa shape index (κ2) is 12.2. The highest BCUT2D eigenvalue weighted by Crippen LogP contribution is 2.44. The van der Waals surface area contributed by atoms with Gasteiger partial charge in [0.2, 0.25) is 11.5 Å². The third-order valence-corrected chi connectivity index (χ3v) is 9.33. The molecule has 2 N–H and O–H groups in total. The normalized spacial score (nSPS) is 14.6. The molecule has 0 aliphatic carbocycles. The van der Waals surface area contributed by atoms with Crippen LogP contribution in [0.4, 0.5) is 5.69 Å². The molecule has 0 unspecified atom stereocenters. The van der Waals surface area contributed by atoms with Gasteiger partial charge in [0.15, 0.2) is 12.3 Å². The first kappa shape index (κ1) is 30.0. The summed E-state index contributed by atoms with van der Waals surface area (Å²) in [6, 6.07) is 23.4. The van der Waals surface area contributed by atoms with Crippen molar-refractivity contribution in [1.82, 2.24) is 5.48 Å². The number of fused-ring (bicyclic) bond motifs is 6. The summed E-state index contributed by atoms with van der Waals surface area (Å²) in [6.45, 7) is 2.64. The summed E-state index contributed by atoms with van der Waals surface area (Å²) < 4.78 is 76.6. The Hall–Kier alpha value is -4.01. The third kappa shape index (κ3) is 6.28. The maximum atomic E-state index is 12.4. The zero-order valence-corrected chi connectivity index (χ0v) is 25.6. The molecule has 13 heteroatoms. The number of ether oxygens (including phenoxy) is 1. The Morgan fingerprint density at radius 1 is 0.909 bits per heavy atom. The molecule has 44 heavy (non-hydrogen) atoms. The van der Waals surface area contributed by atoms with Crippen LogP contribution in [0.2, 0.25) is 0 Å². The summed E-state index contributed by atoms with van der Waals surface area (Å²) in [6.07, 6.45) is 2.13. The molecule has 0 fully saturated rings. The summed E-state index contributed by atoms with van der Waals surface area (Å²) in [7, 11) is -7.95. The Kier molecular flexibility index (Phi) is 8.31. The molecule has 0 bridgehead atoms. The molecule has 6 rings (SSSR count). The summed E-state index contributed by atoms with van der Waals surface area (Å²) in [5.74, 6) is 0.828. The highest BCUT2D eigenvalue weighted by molar-refractivity contribution is 7.86. The van der Waals surface area contributed by atoms with Crippen molar-refractivity contribution < 1.29 is 39.4 Å². The van der Waals surface area contributed by atoms with Gasteiger partial charge in [0, 0.05) is 24.9 Å². The van der Waals surface area contributed by atoms with Gasteiger partial charge < -0.3 is 14.1 Å². The van der Waals surface area contributed by atoms with Crippen LogP contribution in [0.3, 0.4) is 0 Å². The van der Waals surface area contributed by atoms with E-state index >= 15 is 0 Å². The number of aryl methyl sites for hydroxylation is 1. The number of benzene rings is 4. The van der Waals surface area contributed by atoms with Gasteiger partial charge in [-0.05, 0) is 35.4 Å². The van der Waals surface area contributed by atoms with Crippen molar-refractivity contribution in [2.75, 3.05) is 29.5 Å². The van der Waals surface area contributed by atoms with E-state index in [0.29, 0.717) is 36.2 Å². The van der Waals surface area contributed by atoms with Crippen LogP contribution >= 0.6 is 0 Å². The fourth-order valence-electron chi connectivity index (χ4n) is 5.51. The lowest BCUT2D eigenvalue weighted by Crippen LogP contribution is -2.37. The van der Waals surface area contributed by atoms with Crippen LogP contribution in [0.25, 0.3) is 38.7 Å². The molecule has 0 saturated heterocycles.